The molecule has 1 aromatic heterocycles. The van der Waals surface area contributed by atoms with E-state index in [0.29, 0.717) is 0 Å². The van der Waals surface area contributed by atoms with Crippen molar-refractivity contribution >= 4 is 0 Å². The van der Waals surface area contributed by atoms with Gasteiger partial charge < -0.3 is 0 Å². The van der Waals surface area contributed by atoms with Gasteiger partial charge in [-0.3, -0.25) is 0 Å². The van der Waals surface area contributed by atoms with Crippen molar-refractivity contribution in [3.05, 3.63) is 18.7 Å². The first kappa shape index (κ1) is 26.2. The van der Waals surface area contributed by atoms with Gasteiger partial charge in [0.25, 0.3) is 0 Å². The predicted molar refractivity (Wildman–Crippen MR) is 128 cm³/mol. The molecule has 29 heavy (non-hydrogen) atoms. The van der Waals surface area contributed by atoms with Crippen LogP contribution in [0.25, 0.3) is 0 Å². The van der Waals surface area contributed by atoms with E-state index in [4.69, 9.17) is 0 Å². The first-order valence-electron chi connectivity index (χ1n) is 13.3. The highest BCUT2D eigenvalue weighted by Crippen LogP contribution is 2.13. The van der Waals surface area contributed by atoms with Crippen LogP contribution < -0.4 is 4.57 Å². The normalized spacial score (nSPS) is 11.6. The Kier molecular flexibility index (Phi) is 17.4. The van der Waals surface area contributed by atoms with Gasteiger partial charge in [0.15, 0.2) is 0 Å². The average Bonchev–Trinajstić information content (AvgIpc) is 3.15. The summed E-state index contributed by atoms with van der Waals surface area (Å²) in [5.74, 6) is 0.855. The fraction of sp³-hybridized carbons (Fsp3) is 0.889. The van der Waals surface area contributed by atoms with Crippen LogP contribution in [-0.4, -0.2) is 4.57 Å². The Balaban J connectivity index is 1.85. The maximum absolute atomic E-state index is 2.38. The highest BCUT2D eigenvalue weighted by molar-refractivity contribution is 4.66. The zero-order valence-electron chi connectivity index (χ0n) is 20.3. The second-order valence-electron chi connectivity index (χ2n) is 9.73. The van der Waals surface area contributed by atoms with E-state index in [1.54, 1.807) is 0 Å². The Labute approximate surface area is 183 Å². The van der Waals surface area contributed by atoms with Gasteiger partial charge >= 0.3 is 0 Å². The third-order valence-electron chi connectivity index (χ3n) is 6.21. The van der Waals surface area contributed by atoms with Crippen LogP contribution >= 0.6 is 0 Å². The summed E-state index contributed by atoms with van der Waals surface area (Å²) < 4.78 is 4.76. The summed E-state index contributed by atoms with van der Waals surface area (Å²) in [4.78, 5) is 0. The van der Waals surface area contributed by atoms with E-state index < -0.39 is 0 Å². The summed E-state index contributed by atoms with van der Waals surface area (Å²) in [5, 5.41) is 0. The molecule has 1 rings (SSSR count). The van der Waals surface area contributed by atoms with E-state index in [1.165, 1.54) is 129 Å². The number of aryl methyl sites for hydroxylation is 2. The molecule has 0 amide bonds. The molecule has 0 saturated carbocycles. The molecule has 0 bridgehead atoms. The van der Waals surface area contributed by atoms with Crippen LogP contribution in [0.2, 0.25) is 0 Å². The molecule has 170 valence electrons. The molecule has 2 nitrogen and oxygen atoms in total. The molecular formula is C27H53N2+. The number of rotatable bonds is 21. The van der Waals surface area contributed by atoms with Gasteiger partial charge in [0.2, 0.25) is 6.33 Å². The van der Waals surface area contributed by atoms with Crippen molar-refractivity contribution in [1.29, 1.82) is 0 Å². The number of hydrogen-bond acceptors (Lipinski definition) is 0. The number of hydrogen-bond donors (Lipinski definition) is 0. The van der Waals surface area contributed by atoms with E-state index in [0.717, 1.165) is 5.92 Å². The molecule has 2 heteroatoms. The van der Waals surface area contributed by atoms with Crippen LogP contribution in [0.3, 0.4) is 0 Å². The second-order valence-corrected chi connectivity index (χ2v) is 9.73. The molecule has 0 aliphatic rings. The third-order valence-corrected chi connectivity index (χ3v) is 6.21. The zero-order chi connectivity index (χ0) is 21.0. The Hall–Kier alpha value is -0.790. The summed E-state index contributed by atoms with van der Waals surface area (Å²) in [6.45, 7) is 9.33. The standard InChI is InChI=1S/C27H53N2/c1-4-5-6-7-8-9-10-11-12-13-14-15-16-19-22-28-24-25-29(26-28)23-20-17-18-21-27(2)3/h24-27H,4-23H2,1-3H3/q+1. The van der Waals surface area contributed by atoms with Crippen molar-refractivity contribution in [1.82, 2.24) is 4.57 Å². The first-order valence-corrected chi connectivity index (χ1v) is 13.3. The van der Waals surface area contributed by atoms with Crippen LogP contribution in [0.15, 0.2) is 18.7 Å². The average molecular weight is 406 g/mol. The van der Waals surface area contributed by atoms with Gasteiger partial charge in [-0.1, -0.05) is 111 Å². The van der Waals surface area contributed by atoms with E-state index in [2.05, 4.69) is 48.6 Å². The molecule has 0 aliphatic carbocycles. The Bertz CT molecular complexity index is 449. The van der Waals surface area contributed by atoms with Crippen molar-refractivity contribution in [2.75, 3.05) is 0 Å². The molecule has 0 fully saturated rings. The van der Waals surface area contributed by atoms with Crippen LogP contribution in [0.5, 0.6) is 0 Å². The molecule has 0 aliphatic heterocycles. The molecule has 0 unspecified atom stereocenters. The molecule has 0 spiro atoms. The molecule has 0 atom stereocenters. The monoisotopic (exact) mass is 405 g/mol. The van der Waals surface area contributed by atoms with Crippen LogP contribution in [0.4, 0.5) is 0 Å². The fourth-order valence-corrected chi connectivity index (χ4v) is 4.22. The topological polar surface area (TPSA) is 8.81 Å². The van der Waals surface area contributed by atoms with Gasteiger partial charge in [-0.2, -0.15) is 0 Å². The largest absolute Gasteiger partial charge is 0.243 e. The lowest BCUT2D eigenvalue weighted by Gasteiger charge is -2.03. The van der Waals surface area contributed by atoms with Crippen molar-refractivity contribution < 1.29 is 4.57 Å². The van der Waals surface area contributed by atoms with Crippen LogP contribution in [0, 0.1) is 5.92 Å². The first-order chi connectivity index (χ1) is 14.2. The van der Waals surface area contributed by atoms with E-state index >= 15 is 0 Å². The fourth-order valence-electron chi connectivity index (χ4n) is 4.22. The maximum atomic E-state index is 2.38. The Morgan fingerprint density at radius 1 is 0.655 bits per heavy atom. The minimum Gasteiger partial charge on any atom is -0.237 e. The Morgan fingerprint density at radius 2 is 1.17 bits per heavy atom. The number of aromatic nitrogens is 2. The molecule has 0 aromatic carbocycles. The van der Waals surface area contributed by atoms with Crippen molar-refractivity contribution in [2.24, 2.45) is 5.92 Å². The van der Waals surface area contributed by atoms with E-state index in [1.807, 2.05) is 0 Å². The lowest BCUT2D eigenvalue weighted by atomic mass is 10.0. The van der Waals surface area contributed by atoms with Crippen molar-refractivity contribution in [3.8, 4) is 0 Å². The van der Waals surface area contributed by atoms with Crippen molar-refractivity contribution in [3.63, 3.8) is 0 Å². The lowest BCUT2D eigenvalue weighted by Crippen LogP contribution is -2.30. The third kappa shape index (κ3) is 16.7. The minimum absolute atomic E-state index is 0.855. The summed E-state index contributed by atoms with van der Waals surface area (Å²) in [6, 6.07) is 0. The van der Waals surface area contributed by atoms with E-state index in [9.17, 15) is 0 Å². The quantitative estimate of drug-likeness (QED) is 0.143. The van der Waals surface area contributed by atoms with Gasteiger partial charge in [-0.15, -0.1) is 0 Å². The van der Waals surface area contributed by atoms with Gasteiger partial charge in [0.1, 0.15) is 12.4 Å². The highest BCUT2D eigenvalue weighted by atomic mass is 15.1. The number of nitrogens with zero attached hydrogens (tertiary/aromatic N) is 2. The smallest absolute Gasteiger partial charge is 0.237 e. The molecular weight excluding hydrogens is 352 g/mol. The molecule has 0 radical (unpaired) electrons. The summed E-state index contributed by atoms with van der Waals surface area (Å²) in [6.07, 6.45) is 32.4. The summed E-state index contributed by atoms with van der Waals surface area (Å²) in [7, 11) is 0. The summed E-state index contributed by atoms with van der Waals surface area (Å²) >= 11 is 0. The van der Waals surface area contributed by atoms with Crippen molar-refractivity contribution in [2.45, 2.75) is 149 Å². The van der Waals surface area contributed by atoms with Gasteiger partial charge in [-0.25, -0.2) is 9.13 Å². The molecule has 0 saturated heterocycles. The zero-order valence-corrected chi connectivity index (χ0v) is 20.3. The number of unbranched alkanes of at least 4 members (excludes halogenated alkanes) is 15. The van der Waals surface area contributed by atoms with Crippen LogP contribution in [0.1, 0.15) is 136 Å². The van der Waals surface area contributed by atoms with Gasteiger partial charge in [0, 0.05) is 0 Å². The summed E-state index contributed by atoms with van der Waals surface area (Å²) in [5.41, 5.74) is 0. The van der Waals surface area contributed by atoms with E-state index in [-0.39, 0.29) is 0 Å². The van der Waals surface area contributed by atoms with Gasteiger partial charge in [0.05, 0.1) is 13.1 Å². The molecule has 1 heterocycles. The maximum Gasteiger partial charge on any atom is 0.243 e. The highest BCUT2D eigenvalue weighted by Gasteiger charge is 2.04. The van der Waals surface area contributed by atoms with Gasteiger partial charge in [-0.05, 0) is 31.6 Å². The number of imidazole rings is 1. The van der Waals surface area contributed by atoms with Crippen LogP contribution in [-0.2, 0) is 13.1 Å². The SMILES string of the molecule is CCCCCCCCCCCCCCCCn1cc[n+](CCCCCC(C)C)c1. The second kappa shape index (κ2) is 19.2. The molecule has 1 aromatic rings. The molecule has 0 N–H and O–H groups in total. The lowest BCUT2D eigenvalue weighted by molar-refractivity contribution is -0.696. The minimum atomic E-state index is 0.855. The predicted octanol–water partition coefficient (Wildman–Crippen LogP) is 8.47. The Morgan fingerprint density at radius 3 is 1.72 bits per heavy atom.